The number of sulfonamides is 1. The predicted octanol–water partition coefficient (Wildman–Crippen LogP) is 5.22. The van der Waals surface area contributed by atoms with Gasteiger partial charge < -0.3 is 0 Å². The number of nitrogens with zero attached hydrogens (tertiary/aromatic N) is 2. The van der Waals surface area contributed by atoms with E-state index in [-0.39, 0.29) is 27.0 Å². The van der Waals surface area contributed by atoms with Crippen LogP contribution in [0.4, 0.5) is 10.1 Å². The number of carbonyl (C=O) groups excluding carboxylic acids is 2. The van der Waals surface area contributed by atoms with Gasteiger partial charge >= 0.3 is 0 Å². The van der Waals surface area contributed by atoms with Crippen molar-refractivity contribution in [2.75, 3.05) is 4.90 Å². The lowest BCUT2D eigenvalue weighted by Gasteiger charge is -2.32. The number of halogens is 3. The zero-order chi connectivity index (χ0) is 24.6. The fourth-order valence-corrected chi connectivity index (χ4v) is 6.49. The lowest BCUT2D eigenvalue weighted by atomic mass is 10.1. The molecule has 1 fully saturated rings. The van der Waals surface area contributed by atoms with E-state index in [1.165, 1.54) is 30.3 Å². The average Bonchev–Trinajstić information content (AvgIpc) is 3.09. The summed E-state index contributed by atoms with van der Waals surface area (Å²) in [5.41, 5.74) is 0.772. The van der Waals surface area contributed by atoms with E-state index in [2.05, 4.69) is 0 Å². The van der Waals surface area contributed by atoms with Crippen molar-refractivity contribution in [3.05, 3.63) is 94.2 Å². The van der Waals surface area contributed by atoms with Crippen LogP contribution in [0.2, 0.25) is 10.0 Å². The van der Waals surface area contributed by atoms with Crippen LogP contribution in [-0.2, 0) is 19.6 Å². The van der Waals surface area contributed by atoms with Crippen LogP contribution < -0.4 is 4.90 Å². The molecule has 1 aliphatic heterocycles. The molecule has 0 spiro atoms. The van der Waals surface area contributed by atoms with Crippen LogP contribution in [0, 0.1) is 5.82 Å². The first kappa shape index (κ1) is 24.3. The molecule has 0 saturated carbocycles. The van der Waals surface area contributed by atoms with E-state index in [4.69, 9.17) is 23.2 Å². The Labute approximate surface area is 206 Å². The number of carbonyl (C=O) groups is 2. The molecule has 3 aromatic rings. The van der Waals surface area contributed by atoms with E-state index < -0.39 is 39.7 Å². The molecule has 176 valence electrons. The molecule has 0 bridgehead atoms. The SMILES string of the molecule is CC(c1ccccc1)N(C1CC(=O)N(c2ccc(F)cc2)C1=O)S(=O)(=O)c1cc(Cl)ccc1Cl. The molecule has 0 aromatic heterocycles. The van der Waals surface area contributed by atoms with Gasteiger partial charge in [-0.1, -0.05) is 53.5 Å². The lowest BCUT2D eigenvalue weighted by Crippen LogP contribution is -2.46. The van der Waals surface area contributed by atoms with Crippen LogP contribution in [0.5, 0.6) is 0 Å². The Kier molecular flexibility index (Phi) is 6.78. The van der Waals surface area contributed by atoms with Gasteiger partial charge in [0, 0.05) is 11.1 Å². The molecule has 2 amide bonds. The summed E-state index contributed by atoms with van der Waals surface area (Å²) in [7, 11) is -4.40. The minimum atomic E-state index is -4.40. The maximum absolute atomic E-state index is 13.9. The quantitative estimate of drug-likeness (QED) is 0.417. The largest absolute Gasteiger partial charge is 0.274 e. The van der Waals surface area contributed by atoms with Crippen molar-refractivity contribution in [2.45, 2.75) is 30.3 Å². The molecular weight excluding hydrogens is 502 g/mol. The highest BCUT2D eigenvalue weighted by Crippen LogP contribution is 2.38. The number of anilines is 1. The molecule has 0 radical (unpaired) electrons. The van der Waals surface area contributed by atoms with Gasteiger partial charge in [0.15, 0.2) is 0 Å². The summed E-state index contributed by atoms with van der Waals surface area (Å²) in [6.07, 6.45) is -0.384. The number of benzene rings is 3. The first-order valence-corrected chi connectivity index (χ1v) is 12.5. The van der Waals surface area contributed by atoms with E-state index in [9.17, 15) is 22.4 Å². The highest BCUT2D eigenvalue weighted by atomic mass is 35.5. The molecule has 34 heavy (non-hydrogen) atoms. The third-order valence-electron chi connectivity index (χ3n) is 5.63. The minimum Gasteiger partial charge on any atom is -0.274 e. The van der Waals surface area contributed by atoms with Gasteiger partial charge in [0.05, 0.1) is 17.1 Å². The van der Waals surface area contributed by atoms with Crippen molar-refractivity contribution >= 4 is 50.7 Å². The summed E-state index contributed by atoms with van der Waals surface area (Å²) >= 11 is 12.3. The number of hydrogen-bond donors (Lipinski definition) is 0. The Morgan fingerprint density at radius 3 is 2.29 bits per heavy atom. The summed E-state index contributed by atoms with van der Waals surface area (Å²) in [5, 5.41) is 0.0823. The van der Waals surface area contributed by atoms with E-state index >= 15 is 0 Å². The van der Waals surface area contributed by atoms with Gasteiger partial charge in [-0.3, -0.25) is 9.59 Å². The van der Waals surface area contributed by atoms with Crippen molar-refractivity contribution in [1.29, 1.82) is 0 Å². The second-order valence-electron chi connectivity index (χ2n) is 7.76. The first-order valence-electron chi connectivity index (χ1n) is 10.3. The van der Waals surface area contributed by atoms with Crippen molar-refractivity contribution in [1.82, 2.24) is 4.31 Å². The highest BCUT2D eigenvalue weighted by molar-refractivity contribution is 7.89. The van der Waals surface area contributed by atoms with Gasteiger partial charge in [0.2, 0.25) is 15.9 Å². The van der Waals surface area contributed by atoms with Gasteiger partial charge in [-0.15, -0.1) is 0 Å². The molecule has 10 heteroatoms. The number of rotatable bonds is 6. The Morgan fingerprint density at radius 2 is 1.65 bits per heavy atom. The summed E-state index contributed by atoms with van der Waals surface area (Å²) in [5.74, 6) is -1.86. The molecule has 1 saturated heterocycles. The van der Waals surface area contributed by atoms with E-state index in [1.807, 2.05) is 0 Å². The minimum absolute atomic E-state index is 0.0678. The second kappa shape index (κ2) is 9.46. The zero-order valence-electron chi connectivity index (χ0n) is 17.9. The average molecular weight is 521 g/mol. The summed E-state index contributed by atoms with van der Waals surface area (Å²) in [6.45, 7) is 1.63. The van der Waals surface area contributed by atoms with Crippen molar-refractivity contribution in [3.8, 4) is 0 Å². The highest BCUT2D eigenvalue weighted by Gasteiger charge is 2.49. The molecule has 0 aliphatic carbocycles. The topological polar surface area (TPSA) is 74.8 Å². The normalized spacial score (nSPS) is 17.4. The van der Waals surface area contributed by atoms with Gasteiger partial charge in [0.1, 0.15) is 16.8 Å². The first-order chi connectivity index (χ1) is 16.1. The summed E-state index contributed by atoms with van der Waals surface area (Å²) < 4.78 is 42.2. The monoisotopic (exact) mass is 520 g/mol. The molecule has 0 N–H and O–H groups in total. The molecule has 6 nitrogen and oxygen atoms in total. The van der Waals surface area contributed by atoms with Crippen LogP contribution in [0.15, 0.2) is 77.7 Å². The number of amides is 2. The fraction of sp³-hybridized carbons (Fsp3) is 0.167. The Hall–Kier alpha value is -2.78. The van der Waals surface area contributed by atoms with E-state index in [0.29, 0.717) is 5.56 Å². The third kappa shape index (κ3) is 4.46. The molecule has 3 aromatic carbocycles. The van der Waals surface area contributed by atoms with Gasteiger partial charge in [0.25, 0.3) is 5.91 Å². The number of hydrogen-bond acceptors (Lipinski definition) is 4. The maximum atomic E-state index is 13.9. The summed E-state index contributed by atoms with van der Waals surface area (Å²) in [6, 6.07) is 15.4. The second-order valence-corrected chi connectivity index (χ2v) is 10.4. The Morgan fingerprint density at radius 1 is 1.00 bits per heavy atom. The van der Waals surface area contributed by atoms with Gasteiger partial charge in [-0.2, -0.15) is 4.31 Å². The van der Waals surface area contributed by atoms with Crippen LogP contribution in [0.1, 0.15) is 24.9 Å². The van der Waals surface area contributed by atoms with Crippen LogP contribution in [0.25, 0.3) is 0 Å². The van der Waals surface area contributed by atoms with Crippen LogP contribution >= 0.6 is 23.2 Å². The number of imide groups is 1. The Balaban J connectivity index is 1.83. The van der Waals surface area contributed by atoms with Gasteiger partial charge in [-0.05, 0) is 55.0 Å². The smallest absolute Gasteiger partial charge is 0.252 e. The Bertz CT molecular complexity index is 1350. The predicted molar refractivity (Wildman–Crippen MR) is 128 cm³/mol. The molecule has 2 unspecified atom stereocenters. The van der Waals surface area contributed by atoms with E-state index in [0.717, 1.165) is 21.3 Å². The fourth-order valence-electron chi connectivity index (χ4n) is 3.99. The van der Waals surface area contributed by atoms with Crippen molar-refractivity contribution in [3.63, 3.8) is 0 Å². The standard InChI is InChI=1S/C24H19Cl2FN2O4S/c1-15(16-5-3-2-4-6-16)29(34(32,33)22-13-17(25)7-12-20(22)26)21-14-23(30)28(24(21)31)19-10-8-18(27)9-11-19/h2-13,15,21H,14H2,1H3. The van der Waals surface area contributed by atoms with Crippen LogP contribution in [-0.4, -0.2) is 30.6 Å². The lowest BCUT2D eigenvalue weighted by molar-refractivity contribution is -0.122. The van der Waals surface area contributed by atoms with Gasteiger partial charge in [-0.25, -0.2) is 17.7 Å². The maximum Gasteiger partial charge on any atom is 0.252 e. The van der Waals surface area contributed by atoms with Crippen LogP contribution in [0.3, 0.4) is 0 Å². The molecule has 1 heterocycles. The summed E-state index contributed by atoms with van der Waals surface area (Å²) in [4.78, 5) is 26.9. The van der Waals surface area contributed by atoms with Crippen molar-refractivity contribution in [2.24, 2.45) is 0 Å². The van der Waals surface area contributed by atoms with E-state index in [1.54, 1.807) is 37.3 Å². The molecular formula is C24H19Cl2FN2O4S. The third-order valence-corrected chi connectivity index (χ3v) is 8.32. The van der Waals surface area contributed by atoms with Crippen molar-refractivity contribution < 1.29 is 22.4 Å². The zero-order valence-corrected chi connectivity index (χ0v) is 20.2. The molecule has 4 rings (SSSR count). The molecule has 1 aliphatic rings. The molecule has 2 atom stereocenters.